The molecule has 3 aromatic carbocycles. The van der Waals surface area contributed by atoms with Gasteiger partial charge in [0.25, 0.3) is 10.0 Å². The number of nitrogens with zero attached hydrogens (tertiary/aromatic N) is 2. The number of amides is 2. The van der Waals surface area contributed by atoms with E-state index in [0.29, 0.717) is 39.2 Å². The SMILES string of the molecule is CCCCNC(=O)C(CC)N(Cc1ccc(Cl)c(Cl)c1)C(=O)CN(c1cccc(Cl)c1C)S(=O)(=O)c1ccc(C)cc1. The Morgan fingerprint density at radius 2 is 1.60 bits per heavy atom. The number of carbonyl (C=O) groups is 2. The molecule has 3 rings (SSSR count). The second kappa shape index (κ2) is 15.1. The number of sulfonamides is 1. The first kappa shape index (κ1) is 33.7. The standard InChI is InChI=1S/C31H36Cl3N3O4S/c1-5-7-17-35-31(39)28(6-2)36(19-23-13-16-26(33)27(34)18-23)30(38)20-37(29-10-8-9-25(32)22(29)4)42(40,41)24-14-11-21(3)12-15-24/h8-16,18,28H,5-7,17,19-20H2,1-4H3,(H,35,39). The lowest BCUT2D eigenvalue weighted by Crippen LogP contribution is -2.52. The third kappa shape index (κ3) is 8.19. The van der Waals surface area contributed by atoms with Crippen LogP contribution in [0.5, 0.6) is 0 Å². The van der Waals surface area contributed by atoms with Crippen LogP contribution in [0.1, 0.15) is 49.8 Å². The van der Waals surface area contributed by atoms with Gasteiger partial charge in [0.15, 0.2) is 0 Å². The van der Waals surface area contributed by atoms with Crippen LogP contribution in [-0.4, -0.2) is 44.3 Å². The lowest BCUT2D eigenvalue weighted by Gasteiger charge is -2.33. The van der Waals surface area contributed by atoms with Crippen LogP contribution in [0.3, 0.4) is 0 Å². The van der Waals surface area contributed by atoms with E-state index < -0.39 is 28.5 Å². The Hall–Kier alpha value is -2.78. The van der Waals surface area contributed by atoms with E-state index in [-0.39, 0.29) is 23.0 Å². The summed E-state index contributed by atoms with van der Waals surface area (Å²) in [6.45, 7) is 7.31. The molecule has 0 saturated carbocycles. The summed E-state index contributed by atoms with van der Waals surface area (Å²) in [5.74, 6) is -0.875. The van der Waals surface area contributed by atoms with Crippen LogP contribution in [0, 0.1) is 13.8 Å². The van der Waals surface area contributed by atoms with Crippen LogP contribution in [-0.2, 0) is 26.2 Å². The molecule has 0 aliphatic rings. The highest BCUT2D eigenvalue weighted by Gasteiger charge is 2.34. The maximum atomic E-state index is 14.2. The van der Waals surface area contributed by atoms with Crippen molar-refractivity contribution in [2.45, 2.75) is 64.4 Å². The fraction of sp³-hybridized carbons (Fsp3) is 0.355. The van der Waals surface area contributed by atoms with Crippen LogP contribution in [0.25, 0.3) is 0 Å². The van der Waals surface area contributed by atoms with Gasteiger partial charge in [-0.2, -0.15) is 0 Å². The van der Waals surface area contributed by atoms with Crippen LogP contribution >= 0.6 is 34.8 Å². The number of benzene rings is 3. The molecule has 0 heterocycles. The first-order chi connectivity index (χ1) is 19.9. The summed E-state index contributed by atoms with van der Waals surface area (Å²) in [5.41, 5.74) is 2.31. The number of hydrogen-bond acceptors (Lipinski definition) is 4. The van der Waals surface area contributed by atoms with E-state index in [1.165, 1.54) is 17.0 Å². The first-order valence-electron chi connectivity index (χ1n) is 13.8. The van der Waals surface area contributed by atoms with E-state index >= 15 is 0 Å². The molecular weight excluding hydrogens is 617 g/mol. The normalized spacial score (nSPS) is 12.1. The number of rotatable bonds is 13. The molecule has 1 atom stereocenters. The summed E-state index contributed by atoms with van der Waals surface area (Å²) in [4.78, 5) is 28.9. The van der Waals surface area contributed by atoms with E-state index in [4.69, 9.17) is 34.8 Å². The van der Waals surface area contributed by atoms with E-state index in [1.807, 2.05) is 13.8 Å². The van der Waals surface area contributed by atoms with Gasteiger partial charge in [0.1, 0.15) is 12.6 Å². The average molecular weight is 653 g/mol. The van der Waals surface area contributed by atoms with Crippen molar-refractivity contribution >= 4 is 62.3 Å². The van der Waals surface area contributed by atoms with Crippen molar-refractivity contribution < 1.29 is 18.0 Å². The Labute approximate surface area is 263 Å². The number of nitrogens with one attached hydrogen (secondary N) is 1. The molecule has 0 aromatic heterocycles. The average Bonchev–Trinajstić information content (AvgIpc) is 2.95. The van der Waals surface area contributed by atoms with Gasteiger partial charge >= 0.3 is 0 Å². The monoisotopic (exact) mass is 651 g/mol. The molecule has 0 saturated heterocycles. The molecule has 7 nitrogen and oxygen atoms in total. The molecule has 42 heavy (non-hydrogen) atoms. The van der Waals surface area contributed by atoms with Crippen molar-refractivity contribution in [3.63, 3.8) is 0 Å². The molecule has 0 radical (unpaired) electrons. The van der Waals surface area contributed by atoms with Crippen LogP contribution < -0.4 is 9.62 Å². The first-order valence-corrected chi connectivity index (χ1v) is 16.3. The minimum Gasteiger partial charge on any atom is -0.354 e. The molecule has 0 fully saturated rings. The fourth-order valence-corrected chi connectivity index (χ4v) is 6.44. The van der Waals surface area contributed by atoms with Crippen molar-refractivity contribution in [3.8, 4) is 0 Å². The number of aryl methyl sites for hydroxylation is 1. The summed E-state index contributed by atoms with van der Waals surface area (Å²) < 4.78 is 29.2. The maximum Gasteiger partial charge on any atom is 0.264 e. The quantitative estimate of drug-likeness (QED) is 0.198. The summed E-state index contributed by atoms with van der Waals surface area (Å²) in [5, 5.41) is 3.93. The molecule has 226 valence electrons. The highest BCUT2D eigenvalue weighted by molar-refractivity contribution is 7.92. The third-order valence-electron chi connectivity index (χ3n) is 6.95. The minimum atomic E-state index is -4.21. The number of hydrogen-bond donors (Lipinski definition) is 1. The van der Waals surface area contributed by atoms with Crippen molar-refractivity contribution in [3.05, 3.63) is 92.4 Å². The van der Waals surface area contributed by atoms with Crippen LogP contribution in [0.2, 0.25) is 15.1 Å². The topological polar surface area (TPSA) is 86.8 Å². The van der Waals surface area contributed by atoms with E-state index in [0.717, 1.165) is 22.7 Å². The Balaban J connectivity index is 2.09. The van der Waals surface area contributed by atoms with Crippen molar-refractivity contribution in [1.82, 2.24) is 10.2 Å². The van der Waals surface area contributed by atoms with E-state index in [1.54, 1.807) is 62.4 Å². The highest BCUT2D eigenvalue weighted by atomic mass is 35.5. The summed E-state index contributed by atoms with van der Waals surface area (Å²) in [6.07, 6.45) is 2.00. The summed E-state index contributed by atoms with van der Waals surface area (Å²) in [7, 11) is -4.21. The smallest absolute Gasteiger partial charge is 0.264 e. The van der Waals surface area contributed by atoms with Gasteiger partial charge < -0.3 is 10.2 Å². The second-order valence-electron chi connectivity index (χ2n) is 10.0. The van der Waals surface area contributed by atoms with Gasteiger partial charge in [-0.15, -0.1) is 0 Å². The molecule has 0 aliphatic carbocycles. The lowest BCUT2D eigenvalue weighted by atomic mass is 10.1. The maximum absolute atomic E-state index is 14.2. The number of halogens is 3. The predicted octanol–water partition coefficient (Wildman–Crippen LogP) is 7.18. The Morgan fingerprint density at radius 3 is 2.21 bits per heavy atom. The number of unbranched alkanes of at least 4 members (excludes halogenated alkanes) is 1. The highest BCUT2D eigenvalue weighted by Crippen LogP contribution is 2.32. The summed E-state index contributed by atoms with van der Waals surface area (Å²) >= 11 is 18.8. The van der Waals surface area contributed by atoms with Crippen molar-refractivity contribution in [1.29, 1.82) is 0 Å². The summed E-state index contributed by atoms with van der Waals surface area (Å²) in [6, 6.07) is 15.4. The van der Waals surface area contributed by atoms with Gasteiger partial charge in [-0.05, 0) is 74.2 Å². The van der Waals surface area contributed by atoms with E-state index in [9.17, 15) is 18.0 Å². The fourth-order valence-electron chi connectivity index (χ4n) is 4.48. The molecule has 2 amide bonds. The largest absolute Gasteiger partial charge is 0.354 e. The second-order valence-corrected chi connectivity index (χ2v) is 13.1. The number of carbonyl (C=O) groups excluding carboxylic acids is 2. The Bertz CT molecular complexity index is 1510. The molecular formula is C31H36Cl3N3O4S. The molecule has 1 N–H and O–H groups in total. The van der Waals surface area contributed by atoms with Crippen LogP contribution in [0.15, 0.2) is 65.6 Å². The van der Waals surface area contributed by atoms with Gasteiger partial charge in [0.05, 0.1) is 20.6 Å². The molecule has 3 aromatic rings. The molecule has 0 spiro atoms. The van der Waals surface area contributed by atoms with Gasteiger partial charge in [-0.3, -0.25) is 13.9 Å². The molecule has 0 aliphatic heterocycles. The molecule has 11 heteroatoms. The van der Waals surface area contributed by atoms with Gasteiger partial charge in [0, 0.05) is 18.1 Å². The Morgan fingerprint density at radius 1 is 0.905 bits per heavy atom. The zero-order chi connectivity index (χ0) is 31.0. The predicted molar refractivity (Wildman–Crippen MR) is 171 cm³/mol. The van der Waals surface area contributed by atoms with Gasteiger partial charge in [0.2, 0.25) is 11.8 Å². The zero-order valence-corrected chi connectivity index (χ0v) is 27.2. The number of anilines is 1. The van der Waals surface area contributed by atoms with Gasteiger partial charge in [-0.25, -0.2) is 8.42 Å². The minimum absolute atomic E-state index is 0.0162. The molecule has 1 unspecified atom stereocenters. The zero-order valence-electron chi connectivity index (χ0n) is 24.2. The van der Waals surface area contributed by atoms with Crippen molar-refractivity contribution in [2.75, 3.05) is 17.4 Å². The third-order valence-corrected chi connectivity index (χ3v) is 9.87. The molecule has 0 bridgehead atoms. The van der Waals surface area contributed by atoms with Gasteiger partial charge in [-0.1, -0.05) is 84.9 Å². The Kier molecular flexibility index (Phi) is 12.1. The van der Waals surface area contributed by atoms with Crippen molar-refractivity contribution in [2.24, 2.45) is 0 Å². The van der Waals surface area contributed by atoms with E-state index in [2.05, 4.69) is 5.32 Å². The van der Waals surface area contributed by atoms with Crippen LogP contribution in [0.4, 0.5) is 5.69 Å². The lowest BCUT2D eigenvalue weighted by molar-refractivity contribution is -0.140.